The fraction of sp³-hybridized carbons (Fsp3) is 0.449. The van der Waals surface area contributed by atoms with Crippen LogP contribution >= 0.6 is 69.6 Å². The maximum Gasteiger partial charge on any atom is 0.319 e. The Hall–Kier alpha value is -3.57. The number of aliphatic imine (C=N–C) groups is 1. The topological polar surface area (TPSA) is 119 Å². The lowest BCUT2D eigenvalue weighted by atomic mass is 10.0. The van der Waals surface area contributed by atoms with Gasteiger partial charge in [-0.3, -0.25) is 4.99 Å². The molecule has 9 nitrogen and oxygen atoms in total. The predicted octanol–water partition coefficient (Wildman–Crippen LogP) is 15.8. The van der Waals surface area contributed by atoms with Crippen molar-refractivity contribution in [3.8, 4) is 0 Å². The highest BCUT2D eigenvalue weighted by Crippen LogP contribution is 2.35. The summed E-state index contributed by atoms with van der Waals surface area (Å²) in [6, 6.07) is 23.1. The minimum atomic E-state index is -0.539. The molecule has 0 heterocycles. The molecule has 0 bridgehead atoms. The Morgan fingerprint density at radius 2 is 0.875 bits per heavy atom. The molecular formula is C49H63Cl6N7O2. The molecular weight excluding hydrogens is 931 g/mol. The molecule has 0 spiro atoms. The predicted molar refractivity (Wildman–Crippen MR) is 273 cm³/mol. The third-order valence-electron chi connectivity index (χ3n) is 10.7. The lowest BCUT2D eigenvalue weighted by Gasteiger charge is -2.23. The highest BCUT2D eigenvalue weighted by molar-refractivity contribution is 6.43. The van der Waals surface area contributed by atoms with E-state index in [1.54, 1.807) is 0 Å². The van der Waals surface area contributed by atoms with Crippen LogP contribution in [-0.4, -0.2) is 37.7 Å². The summed E-state index contributed by atoms with van der Waals surface area (Å²) in [5, 5.41) is 20.1. The van der Waals surface area contributed by atoms with Crippen molar-refractivity contribution in [1.29, 1.82) is 0 Å². The third kappa shape index (κ3) is 20.3. The molecule has 4 rings (SSSR count). The molecule has 15 heteroatoms. The number of urea groups is 2. The van der Waals surface area contributed by atoms with Gasteiger partial charge in [-0.25, -0.2) is 9.59 Å². The highest BCUT2D eigenvalue weighted by atomic mass is 35.5. The summed E-state index contributed by atoms with van der Waals surface area (Å²) in [6.45, 7) is 3.39. The fourth-order valence-corrected chi connectivity index (χ4v) is 9.05. The number of carbonyl (C=O) groups excluding carboxylic acids is 2. The first kappa shape index (κ1) is 53.0. The fourth-order valence-electron chi connectivity index (χ4n) is 7.23. The molecule has 0 unspecified atom stereocenters. The number of nitrogens with zero attached hydrogens (tertiary/aromatic N) is 1. The van der Waals surface area contributed by atoms with Gasteiger partial charge in [0.15, 0.2) is 5.96 Å². The van der Waals surface area contributed by atoms with E-state index < -0.39 is 24.1 Å². The maximum atomic E-state index is 13.4. The van der Waals surface area contributed by atoms with Gasteiger partial charge in [-0.1, -0.05) is 234 Å². The number of rotatable bonds is 27. The van der Waals surface area contributed by atoms with Crippen LogP contribution in [0.4, 0.5) is 21.0 Å². The zero-order valence-corrected chi connectivity index (χ0v) is 41.2. The molecule has 0 aliphatic heterocycles. The Morgan fingerprint density at radius 3 is 1.30 bits per heavy atom. The number of benzene rings is 4. The van der Waals surface area contributed by atoms with Gasteiger partial charge in [-0.2, -0.15) is 0 Å². The van der Waals surface area contributed by atoms with E-state index >= 15 is 0 Å². The molecule has 6 N–H and O–H groups in total. The molecule has 0 aliphatic rings. The number of guanidine groups is 1. The number of unbranched alkanes of at least 4 members (excludes halogenated alkanes) is 15. The first-order valence-corrected chi connectivity index (χ1v) is 24.9. The van der Waals surface area contributed by atoms with Crippen LogP contribution < -0.4 is 31.9 Å². The summed E-state index contributed by atoms with van der Waals surface area (Å²) >= 11 is 37.7. The monoisotopic (exact) mass is 991 g/mol. The number of amides is 4. The van der Waals surface area contributed by atoms with E-state index in [1.165, 1.54) is 114 Å². The van der Waals surface area contributed by atoms with Gasteiger partial charge in [0.1, 0.15) is 0 Å². The van der Waals surface area contributed by atoms with E-state index in [0.29, 0.717) is 22.5 Å². The summed E-state index contributed by atoms with van der Waals surface area (Å²) in [7, 11) is 0. The minimum Gasteiger partial charge on any atom is -0.356 e. The number of nitrogens with one attached hydrogen (secondary N) is 6. The number of halogens is 6. The van der Waals surface area contributed by atoms with Crippen molar-refractivity contribution in [2.24, 2.45) is 4.99 Å². The van der Waals surface area contributed by atoms with Crippen LogP contribution in [0, 0.1) is 0 Å². The van der Waals surface area contributed by atoms with Crippen molar-refractivity contribution in [1.82, 2.24) is 21.3 Å². The van der Waals surface area contributed by atoms with E-state index in [1.807, 2.05) is 60.7 Å². The summed E-state index contributed by atoms with van der Waals surface area (Å²) < 4.78 is 0. The van der Waals surface area contributed by atoms with Crippen molar-refractivity contribution < 1.29 is 9.59 Å². The summed E-state index contributed by atoms with van der Waals surface area (Å²) in [5.41, 5.74) is 2.19. The molecule has 348 valence electrons. The second-order valence-corrected chi connectivity index (χ2v) is 18.4. The van der Waals surface area contributed by atoms with E-state index in [-0.39, 0.29) is 44.6 Å². The summed E-state index contributed by atoms with van der Waals surface area (Å²) in [6.07, 6.45) is 20.7. The molecule has 0 aromatic heterocycles. The molecule has 4 aromatic rings. The van der Waals surface area contributed by atoms with Gasteiger partial charge in [-0.15, -0.1) is 0 Å². The lowest BCUT2D eigenvalue weighted by Crippen LogP contribution is -2.44. The normalized spacial score (nSPS) is 12.3. The summed E-state index contributed by atoms with van der Waals surface area (Å²) in [5.74, 6) is 0.514. The minimum absolute atomic E-state index is 0.172. The van der Waals surface area contributed by atoms with Crippen molar-refractivity contribution in [3.63, 3.8) is 0 Å². The zero-order valence-electron chi connectivity index (χ0n) is 36.7. The van der Waals surface area contributed by atoms with Crippen LogP contribution in [0.2, 0.25) is 30.1 Å². The molecule has 2 atom stereocenters. The maximum absolute atomic E-state index is 13.4. The van der Waals surface area contributed by atoms with E-state index in [4.69, 9.17) is 74.6 Å². The zero-order chi connectivity index (χ0) is 45.9. The lowest BCUT2D eigenvalue weighted by molar-refractivity contribution is 0.248. The van der Waals surface area contributed by atoms with Gasteiger partial charge in [0.2, 0.25) is 0 Å². The largest absolute Gasteiger partial charge is 0.356 e. The standard InChI is InChI=1S/C49H63Cl6N7O2/c1-2-3-4-5-6-7-8-9-10-11-12-13-14-15-16-23-28-56-47(57-33-43(35-24-19-17-20-25-35)59-48(63)61-45-39(52)29-37(50)30-40(45)53)58-34-44(36-26-21-18-22-27-36)60-49(64)62-46-41(54)31-38(51)32-42(46)55/h17-22,24-27,29-32,43-44H,2-16,23,28,33-34H2,1H3,(H2,56,57,58)(H2,59,61,63)(H2,60,62,64)/t43-,44-/m1/s1. The van der Waals surface area contributed by atoms with Crippen molar-refractivity contribution in [3.05, 3.63) is 126 Å². The molecule has 4 amide bonds. The molecule has 4 aromatic carbocycles. The number of hydrogen-bond donors (Lipinski definition) is 6. The highest BCUT2D eigenvalue weighted by Gasteiger charge is 2.20. The number of anilines is 2. The van der Waals surface area contributed by atoms with Gasteiger partial charge in [0, 0.05) is 23.1 Å². The first-order chi connectivity index (χ1) is 31.0. The van der Waals surface area contributed by atoms with Crippen LogP contribution in [0.1, 0.15) is 133 Å². The Kier molecular flexibility index (Phi) is 25.4. The Bertz CT molecular complexity index is 1980. The average molecular weight is 995 g/mol. The SMILES string of the molecule is CCCCCCCCCCCCCCCCCCNC(=NC[C@@H](NC(=O)Nc1c(Cl)cc(Cl)cc1Cl)c1ccccc1)NC[C@@H](NC(=O)Nc1c(Cl)cc(Cl)cc1Cl)c1ccccc1. The Labute approximate surface area is 410 Å². The van der Waals surface area contributed by atoms with Crippen LogP contribution in [0.5, 0.6) is 0 Å². The van der Waals surface area contributed by atoms with Gasteiger partial charge in [0.05, 0.1) is 50.1 Å². The molecule has 0 saturated carbocycles. The van der Waals surface area contributed by atoms with Gasteiger partial charge >= 0.3 is 12.1 Å². The van der Waals surface area contributed by atoms with Crippen LogP contribution in [0.25, 0.3) is 0 Å². The van der Waals surface area contributed by atoms with Crippen LogP contribution in [0.15, 0.2) is 89.9 Å². The molecule has 0 saturated heterocycles. The van der Waals surface area contributed by atoms with E-state index in [0.717, 1.165) is 24.0 Å². The Morgan fingerprint density at radius 1 is 0.500 bits per heavy atom. The van der Waals surface area contributed by atoms with Crippen molar-refractivity contribution in [2.45, 2.75) is 122 Å². The molecule has 64 heavy (non-hydrogen) atoms. The van der Waals surface area contributed by atoms with Crippen molar-refractivity contribution in [2.75, 3.05) is 30.3 Å². The first-order valence-electron chi connectivity index (χ1n) is 22.6. The van der Waals surface area contributed by atoms with Crippen LogP contribution in [0.3, 0.4) is 0 Å². The smallest absolute Gasteiger partial charge is 0.319 e. The molecule has 0 fully saturated rings. The third-order valence-corrected chi connectivity index (χ3v) is 12.4. The summed E-state index contributed by atoms with van der Waals surface area (Å²) in [4.78, 5) is 31.8. The van der Waals surface area contributed by atoms with Gasteiger partial charge in [0.25, 0.3) is 0 Å². The number of carbonyl (C=O) groups is 2. The van der Waals surface area contributed by atoms with Crippen LogP contribution in [-0.2, 0) is 0 Å². The van der Waals surface area contributed by atoms with E-state index in [9.17, 15) is 9.59 Å². The molecule has 0 radical (unpaired) electrons. The van der Waals surface area contributed by atoms with Gasteiger partial charge < -0.3 is 31.9 Å². The number of hydrogen-bond acceptors (Lipinski definition) is 3. The van der Waals surface area contributed by atoms with Gasteiger partial charge in [-0.05, 0) is 41.8 Å². The van der Waals surface area contributed by atoms with E-state index in [2.05, 4.69) is 38.8 Å². The average Bonchev–Trinajstić information content (AvgIpc) is 3.27. The second-order valence-electron chi connectivity index (χ2n) is 15.9. The quantitative estimate of drug-likeness (QED) is 0.0203. The van der Waals surface area contributed by atoms with Crippen molar-refractivity contribution >= 4 is 99.0 Å². The second kappa shape index (κ2) is 30.6. The Balaban J connectivity index is 1.39. The molecule has 0 aliphatic carbocycles.